The molecule has 3 nitrogen and oxygen atoms in total. The molecule has 0 spiro atoms. The molecule has 0 atom stereocenters. The van der Waals surface area contributed by atoms with Crippen molar-refractivity contribution in [3.05, 3.63) is 65.2 Å². The Morgan fingerprint density at radius 2 is 1.81 bits per heavy atom. The minimum absolute atomic E-state index is 0.0490. The van der Waals surface area contributed by atoms with Crippen molar-refractivity contribution < 1.29 is 4.79 Å². The topological polar surface area (TPSA) is 44.1 Å². The number of ketones is 1. The molecule has 2 rings (SSSR count). The summed E-state index contributed by atoms with van der Waals surface area (Å²) in [5.74, 6) is 0.0490. The van der Waals surface area contributed by atoms with Gasteiger partial charge in [-0.2, -0.15) is 5.26 Å². The van der Waals surface area contributed by atoms with Crippen LogP contribution < -0.4 is 4.90 Å². The molecule has 0 aromatic heterocycles. The monoisotopic (exact) mass is 278 g/mol. The summed E-state index contributed by atoms with van der Waals surface area (Å²) in [5, 5.41) is 9.11. The summed E-state index contributed by atoms with van der Waals surface area (Å²) >= 11 is 0. The number of rotatable bonds is 5. The maximum absolute atomic E-state index is 12.3. The molecule has 0 fully saturated rings. The maximum Gasteiger partial charge on any atom is 0.182 e. The SMILES string of the molecule is CCc1ccc(C(=O)CN(C)c2ccccc2C#N)cc1. The van der Waals surface area contributed by atoms with E-state index < -0.39 is 0 Å². The number of likely N-dealkylation sites (N-methyl/N-ethyl adjacent to an activating group) is 1. The number of hydrogen-bond acceptors (Lipinski definition) is 3. The lowest BCUT2D eigenvalue weighted by atomic mass is 10.1. The van der Waals surface area contributed by atoms with Crippen LogP contribution >= 0.6 is 0 Å². The molecule has 0 unspecified atom stereocenters. The number of Topliss-reactive ketones (excluding diaryl/α,β-unsaturated/α-hetero) is 1. The summed E-state index contributed by atoms with van der Waals surface area (Å²) in [7, 11) is 1.83. The van der Waals surface area contributed by atoms with Gasteiger partial charge in [-0.25, -0.2) is 0 Å². The van der Waals surface area contributed by atoms with E-state index in [2.05, 4.69) is 13.0 Å². The fraction of sp³-hybridized carbons (Fsp3) is 0.222. The van der Waals surface area contributed by atoms with Gasteiger partial charge < -0.3 is 4.90 Å². The molecule has 0 bridgehead atoms. The highest BCUT2D eigenvalue weighted by atomic mass is 16.1. The Morgan fingerprint density at radius 3 is 2.43 bits per heavy atom. The van der Waals surface area contributed by atoms with Crippen molar-refractivity contribution in [2.24, 2.45) is 0 Å². The van der Waals surface area contributed by atoms with Crippen LogP contribution in [-0.4, -0.2) is 19.4 Å². The van der Waals surface area contributed by atoms with E-state index in [-0.39, 0.29) is 12.3 Å². The van der Waals surface area contributed by atoms with Crippen molar-refractivity contribution >= 4 is 11.5 Å². The summed E-state index contributed by atoms with van der Waals surface area (Å²) in [6.45, 7) is 2.34. The molecule has 0 aliphatic heterocycles. The van der Waals surface area contributed by atoms with E-state index in [0.29, 0.717) is 11.1 Å². The van der Waals surface area contributed by atoms with Gasteiger partial charge in [0.25, 0.3) is 0 Å². The minimum atomic E-state index is 0.0490. The van der Waals surface area contributed by atoms with Gasteiger partial charge in [0, 0.05) is 12.6 Å². The van der Waals surface area contributed by atoms with Gasteiger partial charge in [0.2, 0.25) is 0 Å². The lowest BCUT2D eigenvalue weighted by molar-refractivity contribution is 0.100. The van der Waals surface area contributed by atoms with Crippen molar-refractivity contribution in [3.63, 3.8) is 0 Å². The lowest BCUT2D eigenvalue weighted by Crippen LogP contribution is -2.26. The molecular formula is C18H18N2O. The second-order valence-corrected chi connectivity index (χ2v) is 4.96. The molecule has 3 heteroatoms. The number of aryl methyl sites for hydroxylation is 1. The van der Waals surface area contributed by atoms with Gasteiger partial charge in [-0.15, -0.1) is 0 Å². The number of benzene rings is 2. The van der Waals surface area contributed by atoms with Crippen LogP contribution in [0.1, 0.15) is 28.4 Å². The van der Waals surface area contributed by atoms with Crippen LogP contribution in [0, 0.1) is 11.3 Å². The molecule has 0 radical (unpaired) electrons. The van der Waals surface area contributed by atoms with Crippen LogP contribution in [0.4, 0.5) is 5.69 Å². The second kappa shape index (κ2) is 6.71. The number of carbonyl (C=O) groups excluding carboxylic acids is 1. The molecule has 2 aromatic carbocycles. The number of nitriles is 1. The van der Waals surface area contributed by atoms with Gasteiger partial charge in [-0.1, -0.05) is 43.3 Å². The number of carbonyl (C=O) groups is 1. The van der Waals surface area contributed by atoms with Gasteiger partial charge in [-0.05, 0) is 24.1 Å². The van der Waals surface area contributed by atoms with E-state index in [1.54, 1.807) is 6.07 Å². The number of para-hydroxylation sites is 1. The Balaban J connectivity index is 2.13. The first kappa shape index (κ1) is 14.8. The average Bonchev–Trinajstić information content (AvgIpc) is 2.54. The van der Waals surface area contributed by atoms with E-state index in [9.17, 15) is 4.79 Å². The molecule has 0 saturated heterocycles. The predicted octanol–water partition coefficient (Wildman–Crippen LogP) is 3.44. The zero-order valence-electron chi connectivity index (χ0n) is 12.3. The zero-order chi connectivity index (χ0) is 15.2. The molecule has 0 N–H and O–H groups in total. The van der Waals surface area contributed by atoms with E-state index >= 15 is 0 Å². The fourth-order valence-corrected chi connectivity index (χ4v) is 2.22. The van der Waals surface area contributed by atoms with Crippen LogP contribution in [0.5, 0.6) is 0 Å². The molecular weight excluding hydrogens is 260 g/mol. The third-order valence-electron chi connectivity index (χ3n) is 3.50. The molecule has 0 saturated carbocycles. The Kier molecular flexibility index (Phi) is 4.73. The van der Waals surface area contributed by atoms with E-state index in [1.165, 1.54) is 5.56 Å². The first-order chi connectivity index (χ1) is 10.2. The number of nitrogens with zero attached hydrogens (tertiary/aromatic N) is 2. The lowest BCUT2D eigenvalue weighted by Gasteiger charge is -2.19. The van der Waals surface area contributed by atoms with Crippen LogP contribution in [0.2, 0.25) is 0 Å². The predicted molar refractivity (Wildman–Crippen MR) is 84.6 cm³/mol. The Bertz CT molecular complexity index is 668. The van der Waals surface area contributed by atoms with Gasteiger partial charge in [0.1, 0.15) is 6.07 Å². The van der Waals surface area contributed by atoms with Crippen molar-refractivity contribution in [2.75, 3.05) is 18.5 Å². The van der Waals surface area contributed by atoms with Crippen LogP contribution in [-0.2, 0) is 6.42 Å². The van der Waals surface area contributed by atoms with Crippen molar-refractivity contribution in [3.8, 4) is 6.07 Å². The van der Waals surface area contributed by atoms with Crippen molar-refractivity contribution in [1.82, 2.24) is 0 Å². The van der Waals surface area contributed by atoms with Gasteiger partial charge in [0.05, 0.1) is 17.8 Å². The first-order valence-electron chi connectivity index (χ1n) is 6.98. The van der Waals surface area contributed by atoms with Crippen LogP contribution in [0.25, 0.3) is 0 Å². The molecule has 0 aliphatic rings. The average molecular weight is 278 g/mol. The standard InChI is InChI=1S/C18H18N2O/c1-3-14-8-10-15(11-9-14)18(21)13-20(2)17-7-5-4-6-16(17)12-19/h4-11H,3,13H2,1-2H3. The number of hydrogen-bond donors (Lipinski definition) is 0. The molecule has 2 aromatic rings. The molecule has 106 valence electrons. The van der Waals surface area contributed by atoms with Crippen molar-refractivity contribution in [1.29, 1.82) is 5.26 Å². The van der Waals surface area contributed by atoms with E-state index in [0.717, 1.165) is 12.1 Å². The van der Waals surface area contributed by atoms with E-state index in [1.807, 2.05) is 54.4 Å². The molecule has 21 heavy (non-hydrogen) atoms. The van der Waals surface area contributed by atoms with E-state index in [4.69, 9.17) is 5.26 Å². The summed E-state index contributed by atoms with van der Waals surface area (Å²) < 4.78 is 0. The summed E-state index contributed by atoms with van der Waals surface area (Å²) in [5.41, 5.74) is 3.27. The minimum Gasteiger partial charge on any atom is -0.366 e. The Labute approximate surface area is 125 Å². The van der Waals surface area contributed by atoms with Crippen LogP contribution in [0.15, 0.2) is 48.5 Å². The first-order valence-corrected chi connectivity index (χ1v) is 6.98. The highest BCUT2D eigenvalue weighted by molar-refractivity contribution is 5.99. The zero-order valence-corrected chi connectivity index (χ0v) is 12.3. The third-order valence-corrected chi connectivity index (χ3v) is 3.50. The maximum atomic E-state index is 12.3. The normalized spacial score (nSPS) is 9.95. The molecule has 0 heterocycles. The van der Waals surface area contributed by atoms with Gasteiger partial charge >= 0.3 is 0 Å². The molecule has 0 amide bonds. The smallest absolute Gasteiger partial charge is 0.182 e. The number of anilines is 1. The summed E-state index contributed by atoms with van der Waals surface area (Å²) in [4.78, 5) is 14.1. The summed E-state index contributed by atoms with van der Waals surface area (Å²) in [6, 6.07) is 17.1. The fourth-order valence-electron chi connectivity index (χ4n) is 2.22. The Morgan fingerprint density at radius 1 is 1.14 bits per heavy atom. The van der Waals surface area contributed by atoms with Crippen LogP contribution in [0.3, 0.4) is 0 Å². The highest BCUT2D eigenvalue weighted by Gasteiger charge is 2.12. The third kappa shape index (κ3) is 3.49. The quantitative estimate of drug-likeness (QED) is 0.787. The largest absolute Gasteiger partial charge is 0.366 e. The van der Waals surface area contributed by atoms with Gasteiger partial charge in [-0.3, -0.25) is 4.79 Å². The Hall–Kier alpha value is -2.60. The van der Waals surface area contributed by atoms with Crippen molar-refractivity contribution in [2.45, 2.75) is 13.3 Å². The highest BCUT2D eigenvalue weighted by Crippen LogP contribution is 2.18. The molecule has 0 aliphatic carbocycles. The second-order valence-electron chi connectivity index (χ2n) is 4.96. The summed E-state index contributed by atoms with van der Waals surface area (Å²) in [6.07, 6.45) is 0.962. The van der Waals surface area contributed by atoms with Gasteiger partial charge in [0.15, 0.2) is 5.78 Å².